The van der Waals surface area contributed by atoms with Gasteiger partial charge in [0.05, 0.1) is 17.3 Å². The molecule has 8 heteroatoms. The highest BCUT2D eigenvalue weighted by Gasteiger charge is 2.34. The van der Waals surface area contributed by atoms with E-state index in [2.05, 4.69) is 20.9 Å². The molecule has 1 N–H and O–H groups in total. The molecular weight excluding hydrogens is 578 g/mol. The maximum atomic E-state index is 13.6. The molecule has 39 heavy (non-hydrogen) atoms. The fourth-order valence-corrected chi connectivity index (χ4v) is 5.28. The number of aromatic amines is 1. The third-order valence-corrected chi connectivity index (χ3v) is 7.24. The molecule has 0 saturated heterocycles. The zero-order valence-corrected chi connectivity index (χ0v) is 22.8. The monoisotopic (exact) mass is 597 g/mol. The topological polar surface area (TPSA) is 78.7 Å². The van der Waals surface area contributed by atoms with Gasteiger partial charge in [0, 0.05) is 27.9 Å². The summed E-state index contributed by atoms with van der Waals surface area (Å²) in [4.78, 5) is 30.1. The van der Waals surface area contributed by atoms with Gasteiger partial charge in [0.2, 0.25) is 0 Å². The van der Waals surface area contributed by atoms with Gasteiger partial charge in [0.25, 0.3) is 5.56 Å². The van der Waals surface area contributed by atoms with Crippen molar-refractivity contribution in [3.63, 3.8) is 0 Å². The van der Waals surface area contributed by atoms with E-state index in [4.69, 9.17) is 21.1 Å². The van der Waals surface area contributed by atoms with Crippen LogP contribution in [0.2, 0.25) is 5.02 Å². The number of hydrogen-bond acceptors (Lipinski definition) is 4. The number of hydrogen-bond donors (Lipinski definition) is 1. The maximum absolute atomic E-state index is 13.6. The number of carbonyl (C=O) groups excluding carboxylic acids is 1. The first kappa shape index (κ1) is 25.1. The van der Waals surface area contributed by atoms with Crippen LogP contribution < -0.4 is 5.56 Å². The Hall–Kier alpha value is -4.20. The Morgan fingerprint density at radius 3 is 2.46 bits per heavy atom. The minimum atomic E-state index is -0.435. The Balaban J connectivity index is 1.52. The number of aromatic nitrogens is 1. The van der Waals surface area contributed by atoms with Crippen molar-refractivity contribution in [2.24, 2.45) is 5.10 Å². The zero-order chi connectivity index (χ0) is 26.9. The van der Waals surface area contributed by atoms with Crippen molar-refractivity contribution in [3.05, 3.63) is 134 Å². The lowest BCUT2D eigenvalue weighted by atomic mass is 9.92. The van der Waals surface area contributed by atoms with Gasteiger partial charge < -0.3 is 9.40 Å². The Bertz CT molecular complexity index is 1810. The van der Waals surface area contributed by atoms with Gasteiger partial charge in [-0.3, -0.25) is 9.59 Å². The molecule has 1 amide bonds. The summed E-state index contributed by atoms with van der Waals surface area (Å²) in [6.07, 6.45) is 4.21. The number of fused-ring (bicyclic) bond motifs is 1. The molecule has 0 spiro atoms. The lowest BCUT2D eigenvalue weighted by Gasteiger charge is -2.17. The van der Waals surface area contributed by atoms with Crippen molar-refractivity contribution < 1.29 is 9.21 Å². The average molecular weight is 599 g/mol. The van der Waals surface area contributed by atoms with E-state index >= 15 is 0 Å². The molecule has 6 nitrogen and oxygen atoms in total. The Kier molecular flexibility index (Phi) is 6.77. The molecule has 0 saturated carbocycles. The molecule has 6 rings (SSSR count). The number of carbonyl (C=O) groups is 1. The van der Waals surface area contributed by atoms with Gasteiger partial charge in [-0.15, -0.1) is 0 Å². The number of halogens is 2. The van der Waals surface area contributed by atoms with Crippen LogP contribution in [0.4, 0.5) is 0 Å². The Labute approximate surface area is 237 Å². The molecule has 0 bridgehead atoms. The first-order chi connectivity index (χ1) is 19.0. The van der Waals surface area contributed by atoms with E-state index < -0.39 is 11.9 Å². The van der Waals surface area contributed by atoms with Gasteiger partial charge in [0.1, 0.15) is 0 Å². The summed E-state index contributed by atoms with van der Waals surface area (Å²) in [5, 5.41) is 7.46. The van der Waals surface area contributed by atoms with Crippen molar-refractivity contribution in [2.45, 2.75) is 12.5 Å². The molecule has 5 aromatic rings. The molecule has 3 aromatic carbocycles. The summed E-state index contributed by atoms with van der Waals surface area (Å²) < 4.78 is 5.99. The smallest absolute Gasteiger partial charge is 0.310 e. The van der Waals surface area contributed by atoms with Crippen molar-refractivity contribution in [1.82, 2.24) is 9.99 Å². The second-order valence-corrected chi connectivity index (χ2v) is 10.3. The molecule has 1 aliphatic rings. The third-order valence-electron chi connectivity index (χ3n) is 6.57. The number of nitrogens with one attached hydrogen (secondary N) is 1. The summed E-state index contributed by atoms with van der Waals surface area (Å²) in [6.45, 7) is 0. The van der Waals surface area contributed by atoms with Crippen LogP contribution in [0.5, 0.6) is 0 Å². The molecule has 3 heterocycles. The molecule has 0 fully saturated rings. The summed E-state index contributed by atoms with van der Waals surface area (Å²) in [5.41, 5.74) is 3.84. The van der Waals surface area contributed by atoms with Crippen molar-refractivity contribution in [3.8, 4) is 11.1 Å². The molecule has 2 aromatic heterocycles. The van der Waals surface area contributed by atoms with Crippen molar-refractivity contribution in [1.29, 1.82) is 0 Å². The van der Waals surface area contributed by atoms with Crippen LogP contribution in [-0.4, -0.2) is 27.7 Å². The number of nitrogens with zero attached hydrogens (tertiary/aromatic N) is 2. The fourth-order valence-electron chi connectivity index (χ4n) is 4.80. The van der Waals surface area contributed by atoms with Gasteiger partial charge in [-0.1, -0.05) is 84.4 Å². The highest BCUT2D eigenvalue weighted by molar-refractivity contribution is 9.10. The maximum Gasteiger partial charge on any atom is 0.310 e. The number of benzene rings is 3. The van der Waals surface area contributed by atoms with Crippen LogP contribution in [0.1, 0.15) is 28.1 Å². The van der Waals surface area contributed by atoms with Crippen molar-refractivity contribution in [2.75, 3.05) is 0 Å². The molecule has 1 aliphatic heterocycles. The van der Waals surface area contributed by atoms with E-state index in [-0.39, 0.29) is 11.3 Å². The number of furan rings is 1. The number of rotatable bonds is 5. The van der Waals surface area contributed by atoms with E-state index in [0.717, 1.165) is 22.1 Å². The van der Waals surface area contributed by atoms with E-state index in [1.807, 2.05) is 78.9 Å². The van der Waals surface area contributed by atoms with Crippen LogP contribution in [0.15, 0.2) is 116 Å². The van der Waals surface area contributed by atoms with Gasteiger partial charge >= 0.3 is 5.91 Å². The number of pyridine rings is 1. The summed E-state index contributed by atoms with van der Waals surface area (Å²) >= 11 is 9.65. The number of hydrazone groups is 1. The SMILES string of the molecule is O=C(c1ccc(Br)o1)N1N=C(c2c(-c3ccccc3)c3cc(Cl)ccc3[nH]c2=O)CC1/C=C/c1ccccc1. The number of H-pyrrole nitrogens is 1. The van der Waals surface area contributed by atoms with E-state index in [1.165, 1.54) is 5.01 Å². The van der Waals surface area contributed by atoms with E-state index in [0.29, 0.717) is 32.9 Å². The van der Waals surface area contributed by atoms with Crippen LogP contribution in [-0.2, 0) is 0 Å². The highest BCUT2D eigenvalue weighted by Crippen LogP contribution is 2.34. The molecule has 1 unspecified atom stereocenters. The lowest BCUT2D eigenvalue weighted by molar-refractivity contribution is 0.0708. The van der Waals surface area contributed by atoms with Crippen LogP contribution >= 0.6 is 27.5 Å². The summed E-state index contributed by atoms with van der Waals surface area (Å²) in [7, 11) is 0. The highest BCUT2D eigenvalue weighted by atomic mass is 79.9. The third kappa shape index (κ3) is 4.99. The minimum absolute atomic E-state index is 0.146. The van der Waals surface area contributed by atoms with Crippen LogP contribution in [0.3, 0.4) is 0 Å². The first-order valence-electron chi connectivity index (χ1n) is 12.3. The first-order valence-corrected chi connectivity index (χ1v) is 13.5. The quantitative estimate of drug-likeness (QED) is 0.227. The molecule has 0 radical (unpaired) electrons. The van der Waals surface area contributed by atoms with Gasteiger partial charge in [-0.05, 0) is 57.4 Å². The summed E-state index contributed by atoms with van der Waals surface area (Å²) in [5.74, 6) is -0.257. The van der Waals surface area contributed by atoms with Gasteiger partial charge in [0.15, 0.2) is 10.4 Å². The largest absolute Gasteiger partial charge is 0.444 e. The fraction of sp³-hybridized carbons (Fsp3) is 0.0645. The zero-order valence-electron chi connectivity index (χ0n) is 20.5. The van der Waals surface area contributed by atoms with Gasteiger partial charge in [-0.25, -0.2) is 5.01 Å². The average Bonchev–Trinajstić information content (AvgIpc) is 3.58. The Morgan fingerprint density at radius 2 is 1.74 bits per heavy atom. The van der Waals surface area contributed by atoms with Gasteiger partial charge in [-0.2, -0.15) is 5.10 Å². The second kappa shape index (κ2) is 10.5. The lowest BCUT2D eigenvalue weighted by Crippen LogP contribution is -2.31. The second-order valence-electron chi connectivity index (χ2n) is 9.10. The molecular formula is C31H21BrClN3O3. The molecule has 192 valence electrons. The molecule has 0 aliphatic carbocycles. The molecule has 1 atom stereocenters. The van der Waals surface area contributed by atoms with Crippen LogP contribution in [0, 0.1) is 0 Å². The minimum Gasteiger partial charge on any atom is -0.444 e. The standard InChI is InChI=1S/C31H21BrClN3O3/c32-27-16-15-26(39-27)31(38)36-22(13-11-19-7-3-1-4-8-19)18-25(35-36)29-28(20-9-5-2-6-10-20)23-17-21(33)12-14-24(23)34-30(29)37/h1-17,22H,18H2,(H,34,37)/b13-11+. The summed E-state index contributed by atoms with van der Waals surface area (Å²) in [6, 6.07) is 27.7. The number of amides is 1. The van der Waals surface area contributed by atoms with Crippen LogP contribution in [0.25, 0.3) is 28.1 Å². The normalized spacial score (nSPS) is 15.3. The predicted octanol–water partition coefficient (Wildman–Crippen LogP) is 7.54. The van der Waals surface area contributed by atoms with Crippen molar-refractivity contribution >= 4 is 56.1 Å². The predicted molar refractivity (Wildman–Crippen MR) is 158 cm³/mol. The van der Waals surface area contributed by atoms with E-state index in [9.17, 15) is 9.59 Å². The Morgan fingerprint density at radius 1 is 1.00 bits per heavy atom. The van der Waals surface area contributed by atoms with E-state index in [1.54, 1.807) is 24.3 Å².